The van der Waals surface area contributed by atoms with E-state index in [2.05, 4.69) is 4.90 Å². The fourth-order valence-corrected chi connectivity index (χ4v) is 3.28. The Kier molecular flexibility index (Phi) is 3.69. The summed E-state index contributed by atoms with van der Waals surface area (Å²) < 4.78 is 37.3. The standard InChI is InChI=1S/C12H21F3N2/c1-9(6-12(13,14)15)17-8-11-4-3-5-16(11)7-10(17)2/h9-11H,3-8H2,1-2H3. The Hall–Kier alpha value is -0.290. The zero-order valence-corrected chi connectivity index (χ0v) is 10.5. The summed E-state index contributed by atoms with van der Waals surface area (Å²) in [5.74, 6) is 0. The summed E-state index contributed by atoms with van der Waals surface area (Å²) in [5, 5.41) is 0. The fourth-order valence-electron chi connectivity index (χ4n) is 3.28. The first kappa shape index (κ1) is 13.1. The van der Waals surface area contributed by atoms with Crippen molar-refractivity contribution >= 4 is 0 Å². The van der Waals surface area contributed by atoms with Gasteiger partial charge in [-0.15, -0.1) is 0 Å². The Morgan fingerprint density at radius 3 is 2.65 bits per heavy atom. The van der Waals surface area contributed by atoms with Crippen molar-refractivity contribution in [1.82, 2.24) is 9.80 Å². The molecule has 2 aliphatic heterocycles. The van der Waals surface area contributed by atoms with E-state index in [1.807, 2.05) is 11.8 Å². The third-order valence-corrected chi connectivity index (χ3v) is 4.08. The van der Waals surface area contributed by atoms with Crippen molar-refractivity contribution in [1.29, 1.82) is 0 Å². The van der Waals surface area contributed by atoms with Gasteiger partial charge >= 0.3 is 6.18 Å². The van der Waals surface area contributed by atoms with Gasteiger partial charge in [0, 0.05) is 31.2 Å². The number of halogens is 3. The highest BCUT2D eigenvalue weighted by Crippen LogP contribution is 2.30. The van der Waals surface area contributed by atoms with Gasteiger partial charge in [-0.05, 0) is 33.2 Å². The van der Waals surface area contributed by atoms with E-state index in [0.29, 0.717) is 6.04 Å². The number of nitrogens with zero attached hydrogens (tertiary/aromatic N) is 2. The third kappa shape index (κ3) is 3.13. The molecule has 0 aromatic carbocycles. The minimum atomic E-state index is -4.05. The van der Waals surface area contributed by atoms with Gasteiger partial charge in [0.1, 0.15) is 0 Å². The summed E-state index contributed by atoms with van der Waals surface area (Å²) in [6.45, 7) is 6.60. The van der Waals surface area contributed by atoms with E-state index in [9.17, 15) is 13.2 Å². The van der Waals surface area contributed by atoms with Gasteiger partial charge in [-0.1, -0.05) is 0 Å². The molecule has 2 rings (SSSR count). The highest BCUT2D eigenvalue weighted by molar-refractivity contribution is 4.92. The molecule has 0 radical (unpaired) electrons. The van der Waals surface area contributed by atoms with E-state index in [0.717, 1.165) is 26.1 Å². The largest absolute Gasteiger partial charge is 0.390 e. The maximum Gasteiger partial charge on any atom is 0.390 e. The molecular formula is C12H21F3N2. The van der Waals surface area contributed by atoms with Crippen LogP contribution >= 0.6 is 0 Å². The number of hydrogen-bond acceptors (Lipinski definition) is 2. The van der Waals surface area contributed by atoms with E-state index < -0.39 is 18.6 Å². The lowest BCUT2D eigenvalue weighted by Gasteiger charge is -2.45. The van der Waals surface area contributed by atoms with Gasteiger partial charge in [0.25, 0.3) is 0 Å². The van der Waals surface area contributed by atoms with Crippen LogP contribution in [0.2, 0.25) is 0 Å². The molecule has 0 aromatic rings. The first-order valence-electron chi connectivity index (χ1n) is 6.43. The van der Waals surface area contributed by atoms with Gasteiger partial charge in [-0.3, -0.25) is 9.80 Å². The van der Waals surface area contributed by atoms with Crippen LogP contribution in [0.3, 0.4) is 0 Å². The molecule has 3 atom stereocenters. The van der Waals surface area contributed by atoms with Crippen LogP contribution in [0.4, 0.5) is 13.2 Å². The summed E-state index contributed by atoms with van der Waals surface area (Å²) in [4.78, 5) is 4.47. The number of hydrogen-bond donors (Lipinski definition) is 0. The maximum absolute atomic E-state index is 12.4. The van der Waals surface area contributed by atoms with Gasteiger partial charge in [0.05, 0.1) is 6.42 Å². The first-order chi connectivity index (χ1) is 7.87. The second kappa shape index (κ2) is 4.76. The zero-order chi connectivity index (χ0) is 12.6. The van der Waals surface area contributed by atoms with Crippen LogP contribution in [-0.2, 0) is 0 Å². The monoisotopic (exact) mass is 250 g/mol. The molecule has 0 amide bonds. The van der Waals surface area contributed by atoms with Gasteiger partial charge in [-0.25, -0.2) is 0 Å². The van der Waals surface area contributed by atoms with Gasteiger partial charge in [-0.2, -0.15) is 13.2 Å². The highest BCUT2D eigenvalue weighted by Gasteiger charge is 2.39. The molecule has 2 saturated heterocycles. The second-order valence-corrected chi connectivity index (χ2v) is 5.51. The van der Waals surface area contributed by atoms with Crippen molar-refractivity contribution in [3.63, 3.8) is 0 Å². The van der Waals surface area contributed by atoms with Crippen molar-refractivity contribution in [2.45, 2.75) is 57.4 Å². The summed E-state index contributed by atoms with van der Waals surface area (Å²) in [6, 6.07) is 0.330. The Morgan fingerprint density at radius 1 is 1.29 bits per heavy atom. The minimum Gasteiger partial charge on any atom is -0.298 e. The molecule has 0 spiro atoms. The van der Waals surface area contributed by atoms with Crippen LogP contribution in [0.15, 0.2) is 0 Å². The Labute approximate surface area is 101 Å². The van der Waals surface area contributed by atoms with Crippen LogP contribution in [-0.4, -0.2) is 53.7 Å². The molecule has 100 valence electrons. The second-order valence-electron chi connectivity index (χ2n) is 5.51. The summed E-state index contributed by atoms with van der Waals surface area (Å²) >= 11 is 0. The number of piperazine rings is 1. The van der Waals surface area contributed by atoms with E-state index in [4.69, 9.17) is 0 Å². The first-order valence-corrected chi connectivity index (χ1v) is 6.43. The smallest absolute Gasteiger partial charge is 0.298 e. The van der Waals surface area contributed by atoms with Crippen LogP contribution < -0.4 is 0 Å². The summed E-state index contributed by atoms with van der Waals surface area (Å²) in [5.41, 5.74) is 0. The molecule has 5 heteroatoms. The molecule has 0 aromatic heterocycles. The fraction of sp³-hybridized carbons (Fsp3) is 1.00. The van der Waals surface area contributed by atoms with Gasteiger partial charge < -0.3 is 0 Å². The van der Waals surface area contributed by atoms with Gasteiger partial charge in [0.2, 0.25) is 0 Å². The van der Waals surface area contributed by atoms with Gasteiger partial charge in [0.15, 0.2) is 0 Å². The average molecular weight is 250 g/mol. The van der Waals surface area contributed by atoms with Crippen molar-refractivity contribution in [2.75, 3.05) is 19.6 Å². The SMILES string of the molecule is CC1CN2CCCC2CN1C(C)CC(F)(F)F. The molecule has 0 saturated carbocycles. The zero-order valence-electron chi connectivity index (χ0n) is 10.5. The van der Waals surface area contributed by atoms with E-state index >= 15 is 0 Å². The molecule has 2 heterocycles. The lowest BCUT2D eigenvalue weighted by atomic mass is 10.0. The van der Waals surface area contributed by atoms with Crippen molar-refractivity contribution < 1.29 is 13.2 Å². The van der Waals surface area contributed by atoms with Crippen LogP contribution in [0.25, 0.3) is 0 Å². The number of rotatable bonds is 2. The molecule has 0 N–H and O–H groups in total. The number of alkyl halides is 3. The minimum absolute atomic E-state index is 0.238. The molecule has 2 nitrogen and oxygen atoms in total. The van der Waals surface area contributed by atoms with E-state index in [1.165, 1.54) is 6.42 Å². The number of fused-ring (bicyclic) bond motifs is 1. The molecule has 3 unspecified atom stereocenters. The summed E-state index contributed by atoms with van der Waals surface area (Å²) in [7, 11) is 0. The van der Waals surface area contributed by atoms with E-state index in [1.54, 1.807) is 6.92 Å². The Morgan fingerprint density at radius 2 is 2.00 bits per heavy atom. The van der Waals surface area contributed by atoms with E-state index in [-0.39, 0.29) is 6.04 Å². The van der Waals surface area contributed by atoms with Crippen LogP contribution in [0.5, 0.6) is 0 Å². The van der Waals surface area contributed by atoms with Crippen LogP contribution in [0.1, 0.15) is 33.1 Å². The third-order valence-electron chi connectivity index (χ3n) is 4.08. The molecule has 2 fully saturated rings. The average Bonchev–Trinajstić information content (AvgIpc) is 2.60. The highest BCUT2D eigenvalue weighted by atomic mass is 19.4. The normalized spacial score (nSPS) is 33.7. The topological polar surface area (TPSA) is 6.48 Å². The lowest BCUT2D eigenvalue weighted by molar-refractivity contribution is -0.150. The van der Waals surface area contributed by atoms with Crippen molar-refractivity contribution in [2.24, 2.45) is 0 Å². The Bertz CT molecular complexity index is 267. The summed E-state index contributed by atoms with van der Waals surface area (Å²) in [6.07, 6.45) is -2.41. The quantitative estimate of drug-likeness (QED) is 0.743. The Balaban J connectivity index is 1.95. The van der Waals surface area contributed by atoms with Crippen molar-refractivity contribution in [3.8, 4) is 0 Å². The molecule has 0 aliphatic carbocycles. The molecule has 2 aliphatic rings. The maximum atomic E-state index is 12.4. The van der Waals surface area contributed by atoms with Crippen molar-refractivity contribution in [3.05, 3.63) is 0 Å². The predicted molar refractivity (Wildman–Crippen MR) is 60.9 cm³/mol. The van der Waals surface area contributed by atoms with Crippen LogP contribution in [0, 0.1) is 0 Å². The molecular weight excluding hydrogens is 229 g/mol. The molecule has 17 heavy (non-hydrogen) atoms. The molecule has 0 bridgehead atoms. The lowest BCUT2D eigenvalue weighted by Crippen LogP contribution is -2.57. The predicted octanol–water partition coefficient (Wildman–Crippen LogP) is 2.50.